The normalized spacial score (nSPS) is 17.6. The second-order valence-electron chi connectivity index (χ2n) is 4.64. The van der Waals surface area contributed by atoms with Crippen LogP contribution in [0.3, 0.4) is 0 Å². The number of hydrogen-bond acceptors (Lipinski definition) is 2. The van der Waals surface area contributed by atoms with Crippen LogP contribution in [0.25, 0.3) is 5.70 Å². The molecule has 1 aliphatic heterocycles. The molecule has 0 saturated heterocycles. The Bertz CT molecular complexity index is 769. The van der Waals surface area contributed by atoms with Crippen molar-refractivity contribution in [2.24, 2.45) is 4.99 Å². The molecule has 0 bridgehead atoms. The van der Waals surface area contributed by atoms with Gasteiger partial charge in [-0.15, -0.1) is 0 Å². The van der Waals surface area contributed by atoms with E-state index in [-0.39, 0.29) is 0 Å². The Balaban J connectivity index is 2.06. The Labute approximate surface area is 154 Å². The van der Waals surface area contributed by atoms with Gasteiger partial charge in [0.2, 0.25) is 0 Å². The van der Waals surface area contributed by atoms with Gasteiger partial charge in [0.25, 0.3) is 0 Å². The van der Waals surface area contributed by atoms with Crippen molar-refractivity contribution in [3.63, 3.8) is 0 Å². The molecule has 0 N–H and O–H groups in total. The van der Waals surface area contributed by atoms with E-state index in [0.717, 1.165) is 31.7 Å². The van der Waals surface area contributed by atoms with Gasteiger partial charge in [-0.05, 0) is 0 Å². The zero-order valence-corrected chi connectivity index (χ0v) is 18.1. The summed E-state index contributed by atoms with van der Waals surface area (Å²) in [5, 5.41) is 0. The van der Waals surface area contributed by atoms with E-state index >= 15 is 0 Å². The van der Waals surface area contributed by atoms with Crippen molar-refractivity contribution in [3.8, 4) is 5.75 Å². The van der Waals surface area contributed by atoms with Crippen LogP contribution in [0, 0.1) is 0 Å². The molecule has 0 radical (unpaired) electrons. The zero-order chi connectivity index (χ0) is 15.7. The maximum absolute atomic E-state index is 5.48. The van der Waals surface area contributed by atoms with E-state index in [4.69, 9.17) is 9.73 Å². The van der Waals surface area contributed by atoms with Gasteiger partial charge < -0.3 is 0 Å². The van der Waals surface area contributed by atoms with Crippen LogP contribution in [-0.4, -0.2) is 20.9 Å². The summed E-state index contributed by atoms with van der Waals surface area (Å²) in [6.07, 6.45) is 0. The van der Waals surface area contributed by atoms with Crippen LogP contribution in [0.2, 0.25) is 0 Å². The SMILES string of the molecule is COc1ccccc1C1=NC(c2ccc(Br)cc2)=C[Se]1(Br)Br. The van der Waals surface area contributed by atoms with Gasteiger partial charge in [-0.25, -0.2) is 0 Å². The number of rotatable bonds is 3. The molecular weight excluding hydrogens is 541 g/mol. The third-order valence-electron chi connectivity index (χ3n) is 3.22. The molecule has 1 heterocycles. The third-order valence-corrected chi connectivity index (χ3v) is 11.7. The number of hydrogen-bond donors (Lipinski definition) is 0. The first-order valence-corrected chi connectivity index (χ1v) is 17.1. The van der Waals surface area contributed by atoms with Crippen LogP contribution >= 0.6 is 44.2 Å². The van der Waals surface area contributed by atoms with Crippen LogP contribution < -0.4 is 4.74 Å². The van der Waals surface area contributed by atoms with Crippen LogP contribution in [0.4, 0.5) is 0 Å². The Morgan fingerprint density at radius 3 is 2.36 bits per heavy atom. The van der Waals surface area contributed by atoms with Gasteiger partial charge >= 0.3 is 155 Å². The number of nitrogens with zero attached hydrogens (tertiary/aromatic N) is 1. The monoisotopic (exact) mass is 551 g/mol. The molecule has 6 heteroatoms. The summed E-state index contributed by atoms with van der Waals surface area (Å²) in [6.45, 7) is 0. The Hall–Kier alpha value is -0.391. The van der Waals surface area contributed by atoms with E-state index in [0.29, 0.717) is 0 Å². The van der Waals surface area contributed by atoms with Crippen LogP contribution in [0.15, 0.2) is 63.0 Å². The minimum absolute atomic E-state index is 0.840. The molecule has 114 valence electrons. The van der Waals surface area contributed by atoms with E-state index in [1.165, 1.54) is 0 Å². The van der Waals surface area contributed by atoms with Gasteiger partial charge in [-0.3, -0.25) is 0 Å². The fourth-order valence-corrected chi connectivity index (χ4v) is 9.49. The predicted octanol–water partition coefficient (Wildman–Crippen LogP) is 5.61. The molecule has 0 saturated carbocycles. The third kappa shape index (κ3) is 3.26. The summed E-state index contributed by atoms with van der Waals surface area (Å²) in [5.41, 5.74) is 3.12. The summed E-state index contributed by atoms with van der Waals surface area (Å²) in [4.78, 5) is 7.09. The molecule has 3 rings (SSSR count). The number of benzene rings is 2. The van der Waals surface area contributed by atoms with Crippen molar-refractivity contribution in [2.75, 3.05) is 7.11 Å². The van der Waals surface area contributed by atoms with E-state index in [9.17, 15) is 0 Å². The van der Waals surface area contributed by atoms with Gasteiger partial charge in [0.1, 0.15) is 0 Å². The van der Waals surface area contributed by atoms with Gasteiger partial charge in [0.15, 0.2) is 0 Å². The molecule has 2 aromatic carbocycles. The second kappa shape index (κ2) is 6.62. The van der Waals surface area contributed by atoms with E-state index in [2.05, 4.69) is 61.3 Å². The van der Waals surface area contributed by atoms with Crippen molar-refractivity contribution >= 4 is 63.7 Å². The fourth-order valence-electron chi connectivity index (χ4n) is 2.17. The Morgan fingerprint density at radius 1 is 1.00 bits per heavy atom. The summed E-state index contributed by atoms with van der Waals surface area (Å²) in [5.74, 6) is 0.840. The maximum atomic E-state index is 5.48. The predicted molar refractivity (Wildman–Crippen MR) is 105 cm³/mol. The quantitative estimate of drug-likeness (QED) is 0.454. The standard InChI is InChI=1S/C16H12Br3NOSe/c1-21-15-5-3-2-4-13(15)16-20-14(10-22(16,18)19)11-6-8-12(17)9-7-11/h2-10H,1H3. The Kier molecular flexibility index (Phi) is 4.95. The molecule has 0 unspecified atom stereocenters. The molecule has 22 heavy (non-hydrogen) atoms. The van der Waals surface area contributed by atoms with Crippen molar-refractivity contribution in [2.45, 2.75) is 0 Å². The fraction of sp³-hybridized carbons (Fsp3) is 0.0625. The zero-order valence-electron chi connectivity index (χ0n) is 11.6. The van der Waals surface area contributed by atoms with Gasteiger partial charge in [0.05, 0.1) is 0 Å². The number of ether oxygens (including phenoxy) is 1. The molecule has 2 aromatic rings. The first-order chi connectivity index (χ1) is 10.5. The molecule has 0 amide bonds. The summed E-state index contributed by atoms with van der Waals surface area (Å²) in [6, 6.07) is 16.2. The van der Waals surface area contributed by atoms with E-state index < -0.39 is 9.23 Å². The average Bonchev–Trinajstić information content (AvgIpc) is 2.83. The summed E-state index contributed by atoms with van der Waals surface area (Å²) >= 11 is 11.2. The second-order valence-corrected chi connectivity index (χ2v) is 24.1. The average molecular weight is 553 g/mol. The molecule has 0 fully saturated rings. The van der Waals surface area contributed by atoms with E-state index in [1.807, 2.05) is 36.4 Å². The number of methoxy groups -OCH3 is 1. The topological polar surface area (TPSA) is 21.6 Å². The van der Waals surface area contributed by atoms with E-state index in [1.54, 1.807) is 7.11 Å². The van der Waals surface area contributed by atoms with Gasteiger partial charge in [0, 0.05) is 0 Å². The van der Waals surface area contributed by atoms with Crippen molar-refractivity contribution < 1.29 is 4.74 Å². The van der Waals surface area contributed by atoms with Gasteiger partial charge in [-0.2, -0.15) is 0 Å². The number of halogens is 3. The molecule has 0 spiro atoms. The molecule has 0 atom stereocenters. The van der Waals surface area contributed by atoms with Crippen LogP contribution in [0.1, 0.15) is 11.1 Å². The summed E-state index contributed by atoms with van der Waals surface area (Å²) in [7, 11) is -0.610. The van der Waals surface area contributed by atoms with Crippen LogP contribution in [0.5, 0.6) is 5.75 Å². The van der Waals surface area contributed by atoms with Crippen molar-refractivity contribution in [1.82, 2.24) is 0 Å². The number of para-hydroxylation sites is 1. The first kappa shape index (κ1) is 16.5. The molecule has 0 aliphatic carbocycles. The minimum atomic E-state index is -2.30. The Morgan fingerprint density at radius 2 is 1.68 bits per heavy atom. The molecule has 1 aliphatic rings. The van der Waals surface area contributed by atoms with Crippen LogP contribution in [-0.2, 0) is 0 Å². The molecule has 2 nitrogen and oxygen atoms in total. The summed E-state index contributed by atoms with van der Waals surface area (Å²) < 4.78 is 7.58. The number of aliphatic imine (C=N–C) groups is 1. The van der Waals surface area contributed by atoms with Crippen molar-refractivity contribution in [3.05, 3.63) is 69.1 Å². The molecule has 0 aromatic heterocycles. The van der Waals surface area contributed by atoms with Crippen molar-refractivity contribution in [1.29, 1.82) is 0 Å². The first-order valence-electron chi connectivity index (χ1n) is 6.43. The van der Waals surface area contributed by atoms with Gasteiger partial charge in [-0.1, -0.05) is 0 Å². The molecular formula is C16H12Br3NOSe.